The van der Waals surface area contributed by atoms with Crippen LogP contribution in [0, 0.1) is 0 Å². The predicted octanol–water partition coefficient (Wildman–Crippen LogP) is 0.645. The molecule has 0 bridgehead atoms. The highest BCUT2D eigenvalue weighted by Gasteiger charge is 2.20. The number of carboxylic acids is 1. The smallest absolute Gasteiger partial charge is 0.317 e. The zero-order valence-electron chi connectivity index (χ0n) is 10.9. The molecule has 0 aromatic heterocycles. The quantitative estimate of drug-likeness (QED) is 0.852. The molecular weight excluding hydrogens is 282 g/mol. The molecule has 108 valence electrons. The Morgan fingerprint density at radius 3 is 2.40 bits per heavy atom. The summed E-state index contributed by atoms with van der Waals surface area (Å²) in [5.74, 6) is -1.33. The van der Waals surface area contributed by atoms with Crippen molar-refractivity contribution < 1.29 is 14.7 Å². The van der Waals surface area contributed by atoms with E-state index in [4.69, 9.17) is 22.4 Å². The molecule has 0 radical (unpaired) electrons. The van der Waals surface area contributed by atoms with Crippen LogP contribution in [0.15, 0.2) is 18.2 Å². The summed E-state index contributed by atoms with van der Waals surface area (Å²) in [4.78, 5) is 25.7. The van der Waals surface area contributed by atoms with Crippen molar-refractivity contribution in [3.63, 3.8) is 0 Å². The van der Waals surface area contributed by atoms with Crippen LogP contribution in [0.1, 0.15) is 10.4 Å². The lowest BCUT2D eigenvalue weighted by Gasteiger charge is -2.35. The van der Waals surface area contributed by atoms with E-state index in [1.807, 2.05) is 4.90 Å². The number of primary amides is 1. The highest BCUT2D eigenvalue weighted by molar-refractivity contribution is 6.33. The molecule has 0 unspecified atom stereocenters. The van der Waals surface area contributed by atoms with E-state index >= 15 is 0 Å². The summed E-state index contributed by atoms with van der Waals surface area (Å²) in [6.45, 7) is 2.79. The molecule has 1 aliphatic heterocycles. The fourth-order valence-electron chi connectivity index (χ4n) is 2.25. The minimum absolute atomic E-state index is 0.0577. The van der Waals surface area contributed by atoms with E-state index in [2.05, 4.69) is 4.90 Å². The van der Waals surface area contributed by atoms with Crippen LogP contribution < -0.4 is 10.6 Å². The molecule has 1 fully saturated rings. The first-order valence-corrected chi connectivity index (χ1v) is 6.63. The highest BCUT2D eigenvalue weighted by atomic mass is 35.5. The van der Waals surface area contributed by atoms with Gasteiger partial charge in [0.1, 0.15) is 0 Å². The van der Waals surface area contributed by atoms with Gasteiger partial charge in [-0.05, 0) is 18.2 Å². The number of halogens is 1. The Balaban J connectivity index is 2.03. The van der Waals surface area contributed by atoms with Gasteiger partial charge in [-0.1, -0.05) is 11.6 Å². The highest BCUT2D eigenvalue weighted by Crippen LogP contribution is 2.27. The van der Waals surface area contributed by atoms with Gasteiger partial charge >= 0.3 is 5.97 Å². The van der Waals surface area contributed by atoms with Gasteiger partial charge in [-0.2, -0.15) is 0 Å². The van der Waals surface area contributed by atoms with E-state index in [-0.39, 0.29) is 6.54 Å². The number of aliphatic carboxylic acids is 1. The van der Waals surface area contributed by atoms with Gasteiger partial charge in [0, 0.05) is 31.7 Å². The third kappa shape index (κ3) is 3.40. The Morgan fingerprint density at radius 1 is 1.25 bits per heavy atom. The summed E-state index contributed by atoms with van der Waals surface area (Å²) in [6.07, 6.45) is 0. The molecule has 0 atom stereocenters. The summed E-state index contributed by atoms with van der Waals surface area (Å²) < 4.78 is 0. The minimum atomic E-state index is -0.817. The number of nitrogens with zero attached hydrogens (tertiary/aromatic N) is 2. The van der Waals surface area contributed by atoms with E-state index in [9.17, 15) is 9.59 Å². The van der Waals surface area contributed by atoms with Crippen molar-refractivity contribution in [1.29, 1.82) is 0 Å². The first-order valence-electron chi connectivity index (χ1n) is 6.26. The van der Waals surface area contributed by atoms with Gasteiger partial charge in [-0.25, -0.2) is 0 Å². The normalized spacial score (nSPS) is 16.1. The fourth-order valence-corrected chi connectivity index (χ4v) is 2.55. The number of rotatable bonds is 4. The van der Waals surface area contributed by atoms with E-state index in [1.54, 1.807) is 18.2 Å². The standard InChI is InChI=1S/C13H16ClN3O3/c14-10-7-9(13(15)20)1-2-11(10)17-5-3-16(4-6-17)8-12(18)19/h1-2,7H,3-6,8H2,(H2,15,20)(H,18,19). The van der Waals surface area contributed by atoms with Crippen LogP contribution in [-0.2, 0) is 4.79 Å². The van der Waals surface area contributed by atoms with Gasteiger partial charge in [-0.15, -0.1) is 0 Å². The maximum Gasteiger partial charge on any atom is 0.317 e. The molecule has 0 saturated carbocycles. The Labute approximate surface area is 121 Å². The summed E-state index contributed by atoms with van der Waals surface area (Å²) in [5, 5.41) is 9.23. The molecule has 6 nitrogen and oxygen atoms in total. The second-order valence-electron chi connectivity index (χ2n) is 4.69. The second kappa shape index (κ2) is 6.11. The Hall–Kier alpha value is -1.79. The van der Waals surface area contributed by atoms with Gasteiger partial charge in [0.15, 0.2) is 0 Å². The van der Waals surface area contributed by atoms with Gasteiger partial charge in [0.2, 0.25) is 5.91 Å². The molecule has 1 aromatic rings. The molecule has 1 amide bonds. The van der Waals surface area contributed by atoms with Gasteiger partial charge in [0.25, 0.3) is 0 Å². The number of hydrogen-bond acceptors (Lipinski definition) is 4. The SMILES string of the molecule is NC(=O)c1ccc(N2CCN(CC(=O)O)CC2)c(Cl)c1. The molecule has 20 heavy (non-hydrogen) atoms. The molecular formula is C13H16ClN3O3. The van der Waals surface area contributed by atoms with Crippen LogP contribution in [0.25, 0.3) is 0 Å². The van der Waals surface area contributed by atoms with Gasteiger partial charge in [-0.3, -0.25) is 14.5 Å². The number of benzene rings is 1. The number of piperazine rings is 1. The number of amides is 1. The van der Waals surface area contributed by atoms with E-state index in [0.717, 1.165) is 5.69 Å². The van der Waals surface area contributed by atoms with Gasteiger partial charge < -0.3 is 15.7 Å². The summed E-state index contributed by atoms with van der Waals surface area (Å²) >= 11 is 6.17. The molecule has 1 heterocycles. The molecule has 1 aliphatic rings. The van der Waals surface area contributed by atoms with Crippen molar-refractivity contribution in [2.75, 3.05) is 37.6 Å². The third-order valence-corrected chi connectivity index (χ3v) is 3.61. The Morgan fingerprint density at radius 2 is 1.90 bits per heavy atom. The number of nitrogens with two attached hydrogens (primary N) is 1. The summed E-state index contributed by atoms with van der Waals surface area (Å²) in [5.41, 5.74) is 6.42. The lowest BCUT2D eigenvalue weighted by Crippen LogP contribution is -2.48. The van der Waals surface area contributed by atoms with Crippen molar-refractivity contribution in [2.45, 2.75) is 0 Å². The molecule has 0 spiro atoms. The summed E-state index contributed by atoms with van der Waals surface area (Å²) in [6, 6.07) is 4.98. The first-order chi connectivity index (χ1) is 9.47. The number of anilines is 1. The van der Waals surface area contributed by atoms with Crippen molar-refractivity contribution >= 4 is 29.2 Å². The number of carbonyl (C=O) groups excluding carboxylic acids is 1. The van der Waals surface area contributed by atoms with E-state index < -0.39 is 11.9 Å². The molecule has 7 heteroatoms. The van der Waals surface area contributed by atoms with Gasteiger partial charge in [0.05, 0.1) is 17.3 Å². The van der Waals surface area contributed by atoms with Crippen LogP contribution in [0.3, 0.4) is 0 Å². The molecule has 3 N–H and O–H groups in total. The zero-order valence-corrected chi connectivity index (χ0v) is 11.6. The van der Waals surface area contributed by atoms with E-state index in [0.29, 0.717) is 36.8 Å². The van der Waals surface area contributed by atoms with E-state index in [1.165, 1.54) is 0 Å². The third-order valence-electron chi connectivity index (χ3n) is 3.30. The summed E-state index contributed by atoms with van der Waals surface area (Å²) in [7, 11) is 0. The fraction of sp³-hybridized carbons (Fsp3) is 0.385. The number of carbonyl (C=O) groups is 2. The number of hydrogen-bond donors (Lipinski definition) is 2. The maximum atomic E-state index is 11.1. The van der Waals surface area contributed by atoms with Crippen molar-refractivity contribution in [1.82, 2.24) is 4.90 Å². The van der Waals surface area contributed by atoms with Crippen LogP contribution in [0.5, 0.6) is 0 Å². The molecule has 0 aliphatic carbocycles. The Kier molecular flexibility index (Phi) is 4.46. The van der Waals surface area contributed by atoms with Crippen LogP contribution in [-0.4, -0.2) is 54.6 Å². The van der Waals surface area contributed by atoms with Crippen molar-refractivity contribution in [3.8, 4) is 0 Å². The first kappa shape index (κ1) is 14.6. The zero-order chi connectivity index (χ0) is 14.7. The second-order valence-corrected chi connectivity index (χ2v) is 5.09. The molecule has 2 rings (SSSR count). The Bertz CT molecular complexity index is 528. The average molecular weight is 298 g/mol. The van der Waals surface area contributed by atoms with Crippen LogP contribution in [0.4, 0.5) is 5.69 Å². The largest absolute Gasteiger partial charge is 0.480 e. The average Bonchev–Trinajstić information content (AvgIpc) is 2.39. The lowest BCUT2D eigenvalue weighted by molar-refractivity contribution is -0.138. The monoisotopic (exact) mass is 297 g/mol. The van der Waals surface area contributed by atoms with Crippen molar-refractivity contribution in [2.24, 2.45) is 5.73 Å². The molecule has 1 saturated heterocycles. The topological polar surface area (TPSA) is 86.9 Å². The maximum absolute atomic E-state index is 11.1. The predicted molar refractivity (Wildman–Crippen MR) is 76.3 cm³/mol. The van der Waals surface area contributed by atoms with Crippen molar-refractivity contribution in [3.05, 3.63) is 28.8 Å². The lowest BCUT2D eigenvalue weighted by atomic mass is 10.1. The minimum Gasteiger partial charge on any atom is -0.480 e. The molecule has 1 aromatic carbocycles. The van der Waals surface area contributed by atoms with Crippen LogP contribution >= 0.6 is 11.6 Å². The number of carboxylic acid groups (broad SMARTS) is 1. The van der Waals surface area contributed by atoms with Crippen LogP contribution in [0.2, 0.25) is 5.02 Å².